The molecule has 9 aromatic carbocycles. The van der Waals surface area contributed by atoms with Gasteiger partial charge in [-0.2, -0.15) is 9.97 Å². The van der Waals surface area contributed by atoms with Gasteiger partial charge < -0.3 is 4.57 Å². The quantitative estimate of drug-likeness (QED) is 0.152. The Bertz CT molecular complexity index is 3950. The number of benzene rings is 9. The van der Waals surface area contributed by atoms with E-state index in [0.717, 1.165) is 99.6 Å². The lowest BCUT2D eigenvalue weighted by atomic mass is 9.99. The minimum Gasteiger partial charge on any atom is -0.309 e. The first-order valence-electron chi connectivity index (χ1n) is 22.8. The summed E-state index contributed by atoms with van der Waals surface area (Å²) in [5, 5.41) is 4.55. The first kappa shape index (κ1) is 39.1. The molecule has 0 aliphatic rings. The highest BCUT2D eigenvalue weighted by Crippen LogP contribution is 2.43. The van der Waals surface area contributed by atoms with Gasteiger partial charge in [-0.05, 0) is 53.6 Å². The van der Waals surface area contributed by atoms with Gasteiger partial charge in [-0.1, -0.05) is 194 Å². The Balaban J connectivity index is 1.03. The van der Waals surface area contributed by atoms with E-state index in [2.05, 4.69) is 179 Å². The molecule has 7 nitrogen and oxygen atoms in total. The normalized spacial score (nSPS) is 11.5. The second kappa shape index (κ2) is 16.3. The molecule has 13 rings (SSSR count). The number of fused-ring (bicyclic) bond motifs is 7. The van der Waals surface area contributed by atoms with Crippen LogP contribution in [0.1, 0.15) is 0 Å². The molecular formula is C61H39N7. The topological polar surface area (TPSA) is 74.3 Å². The van der Waals surface area contributed by atoms with Gasteiger partial charge in [0.2, 0.25) is 5.95 Å². The van der Waals surface area contributed by atoms with Crippen LogP contribution in [0.2, 0.25) is 0 Å². The molecule has 68 heavy (non-hydrogen) atoms. The predicted octanol–water partition coefficient (Wildman–Crippen LogP) is 14.9. The van der Waals surface area contributed by atoms with E-state index in [1.165, 1.54) is 0 Å². The van der Waals surface area contributed by atoms with Crippen molar-refractivity contribution in [2.75, 3.05) is 0 Å². The molecule has 318 valence electrons. The maximum absolute atomic E-state index is 5.37. The lowest BCUT2D eigenvalue weighted by molar-refractivity contribution is 0.954. The number of para-hydroxylation sites is 2. The van der Waals surface area contributed by atoms with Crippen LogP contribution in [0.15, 0.2) is 237 Å². The Kier molecular flexibility index (Phi) is 9.35. The molecule has 0 radical (unpaired) electrons. The van der Waals surface area contributed by atoms with Gasteiger partial charge in [-0.25, -0.2) is 15.0 Å². The average molecular weight is 870 g/mol. The Labute approximate surface area is 392 Å². The Morgan fingerprint density at radius 3 is 1.35 bits per heavy atom. The largest absolute Gasteiger partial charge is 0.309 e. The zero-order valence-corrected chi connectivity index (χ0v) is 36.6. The summed E-state index contributed by atoms with van der Waals surface area (Å²) in [4.78, 5) is 26.1. The monoisotopic (exact) mass is 869 g/mol. The molecule has 0 atom stereocenters. The molecule has 0 fully saturated rings. The molecule has 0 N–H and O–H groups in total. The van der Waals surface area contributed by atoms with Crippen molar-refractivity contribution in [1.82, 2.24) is 34.1 Å². The highest BCUT2D eigenvalue weighted by molar-refractivity contribution is 6.28. The third-order valence-electron chi connectivity index (χ3n) is 12.8. The van der Waals surface area contributed by atoms with Gasteiger partial charge >= 0.3 is 0 Å². The summed E-state index contributed by atoms with van der Waals surface area (Å²) in [7, 11) is 0. The van der Waals surface area contributed by atoms with Crippen LogP contribution in [0.4, 0.5) is 0 Å². The van der Waals surface area contributed by atoms with Crippen molar-refractivity contribution in [2.45, 2.75) is 0 Å². The number of aromatic nitrogens is 7. The summed E-state index contributed by atoms with van der Waals surface area (Å²) < 4.78 is 4.59. The van der Waals surface area contributed by atoms with Gasteiger partial charge in [-0.3, -0.25) is 4.57 Å². The summed E-state index contributed by atoms with van der Waals surface area (Å²) in [5.74, 6) is 2.44. The zero-order valence-electron chi connectivity index (χ0n) is 36.6. The Morgan fingerprint density at radius 1 is 0.265 bits per heavy atom. The minimum absolute atomic E-state index is 0.549. The molecule has 0 spiro atoms. The van der Waals surface area contributed by atoms with Gasteiger partial charge in [-0.15, -0.1) is 0 Å². The molecule has 4 heterocycles. The summed E-state index contributed by atoms with van der Waals surface area (Å²) >= 11 is 0. The Hall–Kier alpha value is -9.33. The highest BCUT2D eigenvalue weighted by Gasteiger charge is 2.23. The summed E-state index contributed by atoms with van der Waals surface area (Å²) in [5.41, 5.74) is 14.0. The van der Waals surface area contributed by atoms with E-state index in [0.29, 0.717) is 23.4 Å². The predicted molar refractivity (Wildman–Crippen MR) is 277 cm³/mol. The van der Waals surface area contributed by atoms with Crippen molar-refractivity contribution in [3.63, 3.8) is 0 Å². The fraction of sp³-hybridized carbons (Fsp3) is 0. The van der Waals surface area contributed by atoms with E-state index >= 15 is 0 Å². The number of rotatable bonds is 8. The van der Waals surface area contributed by atoms with E-state index in [1.807, 2.05) is 66.7 Å². The van der Waals surface area contributed by atoms with Crippen molar-refractivity contribution in [1.29, 1.82) is 0 Å². The van der Waals surface area contributed by atoms with Crippen LogP contribution in [0.25, 0.3) is 123 Å². The van der Waals surface area contributed by atoms with Crippen molar-refractivity contribution in [2.24, 2.45) is 0 Å². The van der Waals surface area contributed by atoms with Crippen LogP contribution in [-0.4, -0.2) is 34.1 Å². The van der Waals surface area contributed by atoms with Gasteiger partial charge in [0, 0.05) is 55.0 Å². The maximum Gasteiger partial charge on any atom is 0.238 e. The van der Waals surface area contributed by atoms with Crippen molar-refractivity contribution in [3.8, 4) is 79.4 Å². The second-order valence-corrected chi connectivity index (χ2v) is 16.9. The van der Waals surface area contributed by atoms with Crippen molar-refractivity contribution in [3.05, 3.63) is 237 Å². The first-order chi connectivity index (χ1) is 33.7. The molecule has 7 heteroatoms. The third kappa shape index (κ3) is 6.64. The maximum atomic E-state index is 5.37. The molecule has 0 saturated carbocycles. The summed E-state index contributed by atoms with van der Waals surface area (Å²) in [6.07, 6.45) is 0. The minimum atomic E-state index is 0.549. The molecule has 0 amide bonds. The fourth-order valence-corrected chi connectivity index (χ4v) is 9.73. The molecule has 4 aromatic heterocycles. The summed E-state index contributed by atoms with van der Waals surface area (Å²) in [6.45, 7) is 0. The van der Waals surface area contributed by atoms with Crippen molar-refractivity contribution < 1.29 is 0 Å². The van der Waals surface area contributed by atoms with E-state index in [-0.39, 0.29) is 0 Å². The molecule has 0 aliphatic carbocycles. The van der Waals surface area contributed by atoms with E-state index < -0.39 is 0 Å². The van der Waals surface area contributed by atoms with Crippen LogP contribution in [0, 0.1) is 0 Å². The second-order valence-electron chi connectivity index (χ2n) is 16.9. The van der Waals surface area contributed by atoms with Crippen LogP contribution in [-0.2, 0) is 0 Å². The molecule has 13 aromatic rings. The molecule has 0 aliphatic heterocycles. The molecule has 0 saturated heterocycles. The van der Waals surface area contributed by atoms with Crippen LogP contribution in [0.3, 0.4) is 0 Å². The van der Waals surface area contributed by atoms with Gasteiger partial charge in [0.15, 0.2) is 17.5 Å². The number of hydrogen-bond acceptors (Lipinski definition) is 5. The van der Waals surface area contributed by atoms with Crippen LogP contribution < -0.4 is 0 Å². The van der Waals surface area contributed by atoms with Crippen LogP contribution in [0.5, 0.6) is 0 Å². The Morgan fingerprint density at radius 2 is 0.721 bits per heavy atom. The zero-order chi connectivity index (χ0) is 45.0. The number of nitrogens with zero attached hydrogens (tertiary/aromatic N) is 7. The molecule has 0 bridgehead atoms. The highest BCUT2D eigenvalue weighted by atomic mass is 15.2. The first-order valence-corrected chi connectivity index (χ1v) is 22.8. The summed E-state index contributed by atoms with van der Waals surface area (Å²) in [6, 6.07) is 82.0. The van der Waals surface area contributed by atoms with E-state index in [9.17, 15) is 0 Å². The van der Waals surface area contributed by atoms with Gasteiger partial charge in [0.25, 0.3) is 0 Å². The molecule has 0 unspecified atom stereocenters. The lowest BCUT2D eigenvalue weighted by Crippen LogP contribution is -2.06. The van der Waals surface area contributed by atoms with E-state index in [1.54, 1.807) is 0 Å². The van der Waals surface area contributed by atoms with Crippen LogP contribution >= 0.6 is 0 Å². The third-order valence-corrected chi connectivity index (χ3v) is 12.8. The fourth-order valence-electron chi connectivity index (χ4n) is 9.73. The average Bonchev–Trinajstić information content (AvgIpc) is 3.95. The lowest BCUT2D eigenvalue weighted by Gasteiger charge is -2.13. The molecular weight excluding hydrogens is 831 g/mol. The number of hydrogen-bond donors (Lipinski definition) is 0. The smallest absolute Gasteiger partial charge is 0.238 e. The SMILES string of the molecule is c1ccc(-c2cc(-c3cccc(-n4c5ccccc5c5c6c7ccccc7n(-c7nc(-c8ccccc8)nc(-c8ccccc8-c8ccccc8)n7)c6ccc54)c3)nc(-c3ccccc3)n2)cc1. The van der Waals surface area contributed by atoms with Gasteiger partial charge in [0.05, 0.1) is 33.5 Å². The standard InChI is InChI=1S/C61H39N7/c1-5-20-40(21-6-1)46-30-13-14-31-47(46)60-64-59(43-26-11-4-12-27-43)65-61(66-60)68-53-35-18-16-33-49(53)57-55(68)37-36-54-56(57)48-32-15-17-34-52(48)67(54)45-29-19-28-44(38-45)51-39-50(41-22-7-2-8-23-41)62-58(63-51)42-24-9-3-10-25-42/h1-39H. The van der Waals surface area contributed by atoms with Gasteiger partial charge in [0.1, 0.15) is 0 Å². The van der Waals surface area contributed by atoms with Crippen molar-refractivity contribution >= 4 is 43.6 Å². The van der Waals surface area contributed by atoms with E-state index in [4.69, 9.17) is 24.9 Å².